The van der Waals surface area contributed by atoms with E-state index in [0.717, 1.165) is 30.1 Å². The van der Waals surface area contributed by atoms with Crippen LogP contribution in [0.1, 0.15) is 45.6 Å². The Labute approximate surface area is 171 Å². The minimum absolute atomic E-state index is 0.00608. The molecule has 2 aromatic rings. The van der Waals surface area contributed by atoms with Crippen molar-refractivity contribution in [1.82, 2.24) is 15.3 Å². The number of hydrogen-bond donors (Lipinski definition) is 1. The van der Waals surface area contributed by atoms with Gasteiger partial charge in [-0.05, 0) is 64.0 Å². The molecule has 7 nitrogen and oxygen atoms in total. The maximum atomic E-state index is 12.3. The maximum Gasteiger partial charge on any atom is 0.407 e. The van der Waals surface area contributed by atoms with Crippen LogP contribution in [0, 0.1) is 23.2 Å². The number of nitrogens with zero attached hydrogens (tertiary/aromatic N) is 4. The molecule has 2 aliphatic rings. The molecule has 1 N–H and O–H groups in total. The smallest absolute Gasteiger partial charge is 0.407 e. The van der Waals surface area contributed by atoms with Crippen LogP contribution in [0.15, 0.2) is 24.5 Å². The summed E-state index contributed by atoms with van der Waals surface area (Å²) in [5.41, 5.74) is 2.33. The van der Waals surface area contributed by atoms with Crippen LogP contribution < -0.4 is 10.2 Å². The lowest BCUT2D eigenvalue weighted by molar-refractivity contribution is 0.0492. The molecule has 0 bridgehead atoms. The molecule has 4 rings (SSSR count). The van der Waals surface area contributed by atoms with Crippen molar-refractivity contribution in [2.24, 2.45) is 11.8 Å². The molecule has 1 amide bonds. The van der Waals surface area contributed by atoms with Crippen LogP contribution in [0.5, 0.6) is 0 Å². The van der Waals surface area contributed by atoms with Crippen molar-refractivity contribution in [2.75, 3.05) is 18.0 Å². The van der Waals surface area contributed by atoms with Crippen LogP contribution in [0.2, 0.25) is 0 Å². The van der Waals surface area contributed by atoms with Crippen LogP contribution >= 0.6 is 0 Å². The van der Waals surface area contributed by atoms with Gasteiger partial charge in [0.25, 0.3) is 0 Å². The normalized spacial score (nSPS) is 22.2. The van der Waals surface area contributed by atoms with Gasteiger partial charge in [0.05, 0.1) is 17.3 Å². The number of amides is 1. The van der Waals surface area contributed by atoms with Gasteiger partial charge < -0.3 is 15.0 Å². The third-order valence-electron chi connectivity index (χ3n) is 5.56. The van der Waals surface area contributed by atoms with Crippen molar-refractivity contribution >= 4 is 22.8 Å². The number of fused-ring (bicyclic) bond motifs is 1. The summed E-state index contributed by atoms with van der Waals surface area (Å²) < 4.78 is 5.47. The molecule has 1 aliphatic carbocycles. The van der Waals surface area contributed by atoms with E-state index in [2.05, 4.69) is 26.3 Å². The van der Waals surface area contributed by atoms with E-state index in [4.69, 9.17) is 4.74 Å². The zero-order valence-corrected chi connectivity index (χ0v) is 17.2. The molecule has 1 aromatic carbocycles. The summed E-state index contributed by atoms with van der Waals surface area (Å²) in [4.78, 5) is 23.5. The molecule has 152 valence electrons. The van der Waals surface area contributed by atoms with Crippen molar-refractivity contribution in [1.29, 1.82) is 5.26 Å². The number of benzene rings is 1. The number of anilines is 1. The number of alkyl carbamates (subject to hydrolysis) is 1. The Bertz CT molecular complexity index is 958. The minimum atomic E-state index is -0.521. The van der Waals surface area contributed by atoms with Crippen molar-refractivity contribution in [3.8, 4) is 6.07 Å². The van der Waals surface area contributed by atoms with Crippen molar-refractivity contribution in [3.05, 3.63) is 30.1 Å². The first-order valence-electron chi connectivity index (χ1n) is 10.2. The summed E-state index contributed by atoms with van der Waals surface area (Å²) in [6, 6.07) is 5.97. The standard InChI is InChI=1S/C22H27N5O2/c1-22(2,3)29-21(28)26-17-10-16(14-4-5-14)12-27(13-17)18-7-6-15(11-23)19-20(18)25-9-8-24-19/h6-9,14,16-17H,4-5,10,12-13H2,1-3H3,(H,26,28). The van der Waals surface area contributed by atoms with Gasteiger partial charge in [-0.25, -0.2) is 4.79 Å². The zero-order valence-electron chi connectivity index (χ0n) is 17.2. The second-order valence-corrected chi connectivity index (χ2v) is 9.08. The molecule has 2 heterocycles. The van der Waals surface area contributed by atoms with Gasteiger partial charge in [0, 0.05) is 25.5 Å². The van der Waals surface area contributed by atoms with Crippen molar-refractivity contribution in [2.45, 2.75) is 51.7 Å². The Hall–Kier alpha value is -2.88. The SMILES string of the molecule is CC(C)(C)OC(=O)NC1CC(C2CC2)CN(c2ccc(C#N)c3nccnc23)C1. The van der Waals surface area contributed by atoms with E-state index in [1.165, 1.54) is 12.8 Å². The van der Waals surface area contributed by atoms with Gasteiger partial charge in [-0.1, -0.05) is 0 Å². The molecule has 0 radical (unpaired) electrons. The van der Waals surface area contributed by atoms with Gasteiger partial charge in [-0.3, -0.25) is 9.97 Å². The summed E-state index contributed by atoms with van der Waals surface area (Å²) in [5, 5.41) is 12.5. The number of carbonyl (C=O) groups is 1. The number of rotatable bonds is 3. The third kappa shape index (κ3) is 4.42. The van der Waals surface area contributed by atoms with E-state index in [9.17, 15) is 10.1 Å². The highest BCUT2D eigenvalue weighted by molar-refractivity contribution is 5.92. The van der Waals surface area contributed by atoms with Crippen molar-refractivity contribution in [3.63, 3.8) is 0 Å². The first kappa shape index (κ1) is 19.4. The third-order valence-corrected chi connectivity index (χ3v) is 5.56. The van der Waals surface area contributed by atoms with Crippen LogP contribution in [0.25, 0.3) is 11.0 Å². The molecule has 2 fully saturated rings. The lowest BCUT2D eigenvalue weighted by Crippen LogP contribution is -2.52. The monoisotopic (exact) mass is 393 g/mol. The lowest BCUT2D eigenvalue weighted by Gasteiger charge is -2.40. The molecule has 7 heteroatoms. The number of piperidine rings is 1. The van der Waals surface area contributed by atoms with Gasteiger partial charge in [-0.15, -0.1) is 0 Å². The Morgan fingerprint density at radius 2 is 1.90 bits per heavy atom. The fourth-order valence-corrected chi connectivity index (χ4v) is 4.21. The van der Waals surface area contributed by atoms with Gasteiger partial charge in [0.2, 0.25) is 0 Å². The molecule has 2 atom stereocenters. The fourth-order valence-electron chi connectivity index (χ4n) is 4.21. The topological polar surface area (TPSA) is 91.1 Å². The Balaban J connectivity index is 1.61. The predicted molar refractivity (Wildman–Crippen MR) is 110 cm³/mol. The lowest BCUT2D eigenvalue weighted by atomic mass is 9.89. The second kappa shape index (κ2) is 7.51. The minimum Gasteiger partial charge on any atom is -0.444 e. The largest absolute Gasteiger partial charge is 0.444 e. The van der Waals surface area contributed by atoms with Crippen LogP contribution in [-0.4, -0.2) is 40.8 Å². The second-order valence-electron chi connectivity index (χ2n) is 9.08. The predicted octanol–water partition coefficient (Wildman–Crippen LogP) is 3.63. The summed E-state index contributed by atoms with van der Waals surface area (Å²) in [6.45, 7) is 7.21. The molecular weight excluding hydrogens is 366 g/mol. The number of aromatic nitrogens is 2. The fraction of sp³-hybridized carbons (Fsp3) is 0.545. The highest BCUT2D eigenvalue weighted by Crippen LogP contribution is 2.42. The Morgan fingerprint density at radius 1 is 1.17 bits per heavy atom. The molecule has 1 saturated heterocycles. The molecule has 0 spiro atoms. The van der Waals surface area contributed by atoms with E-state index in [-0.39, 0.29) is 12.1 Å². The van der Waals surface area contributed by atoms with Gasteiger partial charge in [0.1, 0.15) is 22.7 Å². The number of ether oxygens (including phenoxy) is 1. The molecular formula is C22H27N5O2. The van der Waals surface area contributed by atoms with E-state index < -0.39 is 5.60 Å². The number of nitriles is 1. The number of hydrogen-bond acceptors (Lipinski definition) is 6. The van der Waals surface area contributed by atoms with E-state index in [1.54, 1.807) is 12.4 Å². The molecule has 1 aliphatic heterocycles. The van der Waals surface area contributed by atoms with Gasteiger partial charge in [0.15, 0.2) is 0 Å². The summed E-state index contributed by atoms with van der Waals surface area (Å²) in [7, 11) is 0. The maximum absolute atomic E-state index is 12.3. The van der Waals surface area contributed by atoms with Crippen LogP contribution in [0.3, 0.4) is 0 Å². The summed E-state index contributed by atoms with van der Waals surface area (Å²) >= 11 is 0. The van der Waals surface area contributed by atoms with Gasteiger partial charge >= 0.3 is 6.09 Å². The molecule has 1 aromatic heterocycles. The van der Waals surface area contributed by atoms with Crippen LogP contribution in [0.4, 0.5) is 10.5 Å². The Morgan fingerprint density at radius 3 is 2.55 bits per heavy atom. The Kier molecular flexibility index (Phi) is 5.03. The van der Waals surface area contributed by atoms with E-state index >= 15 is 0 Å². The van der Waals surface area contributed by atoms with Crippen molar-refractivity contribution < 1.29 is 9.53 Å². The van der Waals surface area contributed by atoms with E-state index in [0.29, 0.717) is 23.5 Å². The first-order valence-corrected chi connectivity index (χ1v) is 10.2. The molecule has 2 unspecified atom stereocenters. The quantitative estimate of drug-likeness (QED) is 0.856. The average Bonchev–Trinajstić information content (AvgIpc) is 3.50. The number of carbonyl (C=O) groups excluding carboxylic acids is 1. The highest BCUT2D eigenvalue weighted by Gasteiger charge is 2.38. The van der Waals surface area contributed by atoms with E-state index in [1.807, 2.05) is 32.9 Å². The summed E-state index contributed by atoms with van der Waals surface area (Å²) in [5.74, 6) is 1.24. The highest BCUT2D eigenvalue weighted by atomic mass is 16.6. The van der Waals surface area contributed by atoms with Crippen LogP contribution in [-0.2, 0) is 4.74 Å². The first-order chi connectivity index (χ1) is 13.8. The van der Waals surface area contributed by atoms with Gasteiger partial charge in [-0.2, -0.15) is 5.26 Å². The average molecular weight is 393 g/mol. The number of nitrogens with one attached hydrogen (secondary N) is 1. The zero-order chi connectivity index (χ0) is 20.6. The molecule has 1 saturated carbocycles. The summed E-state index contributed by atoms with van der Waals surface area (Å²) in [6.07, 6.45) is 6.37. The molecule has 29 heavy (non-hydrogen) atoms.